The van der Waals surface area contributed by atoms with Crippen molar-refractivity contribution >= 4 is 65.6 Å². The van der Waals surface area contributed by atoms with E-state index >= 15 is 0 Å². The van der Waals surface area contributed by atoms with Gasteiger partial charge in [0.25, 0.3) is 0 Å². The lowest BCUT2D eigenvalue weighted by atomic mass is 9.82. The number of hydrogen-bond donors (Lipinski definition) is 0. The Kier molecular flexibility index (Phi) is 7.64. The molecule has 4 heterocycles. The highest BCUT2D eigenvalue weighted by Crippen LogP contribution is 2.52. The fourth-order valence-electron chi connectivity index (χ4n) is 11.0. The molecule has 4 aromatic heterocycles. The maximum Gasteiger partial charge on any atom is 0.238 e. The van der Waals surface area contributed by atoms with Crippen molar-refractivity contribution < 1.29 is 4.42 Å². The van der Waals surface area contributed by atoms with Crippen LogP contribution in [0.25, 0.3) is 122 Å². The molecule has 0 amide bonds. The second kappa shape index (κ2) is 13.7. The highest BCUT2D eigenvalue weighted by molar-refractivity contribution is 6.24. The second-order valence-electron chi connectivity index (χ2n) is 17.9. The van der Waals surface area contributed by atoms with Crippen LogP contribution in [-0.2, 0) is 5.41 Å². The van der Waals surface area contributed by atoms with Crippen molar-refractivity contribution in [3.05, 3.63) is 211 Å². The summed E-state index contributed by atoms with van der Waals surface area (Å²) in [6.07, 6.45) is 0. The van der Waals surface area contributed by atoms with Crippen LogP contribution in [0.3, 0.4) is 0 Å². The van der Waals surface area contributed by atoms with Crippen LogP contribution in [0.5, 0.6) is 0 Å². The fourth-order valence-corrected chi connectivity index (χ4v) is 11.0. The Balaban J connectivity index is 1.08. The van der Waals surface area contributed by atoms with Crippen LogP contribution < -0.4 is 0 Å². The van der Waals surface area contributed by atoms with Crippen molar-refractivity contribution in [3.63, 3.8) is 0 Å². The Bertz CT molecular complexity index is 4140. The number of hydrogen-bond acceptors (Lipinski definition) is 4. The third-order valence-corrected chi connectivity index (χ3v) is 14.0. The first-order chi connectivity index (χ1) is 32.5. The smallest absolute Gasteiger partial charge is 0.238 e. The van der Waals surface area contributed by atoms with E-state index in [2.05, 4.69) is 199 Å². The van der Waals surface area contributed by atoms with E-state index in [9.17, 15) is 0 Å². The largest absolute Gasteiger partial charge is 0.455 e. The van der Waals surface area contributed by atoms with Crippen LogP contribution in [0.4, 0.5) is 0 Å². The molecule has 0 bridgehead atoms. The molecule has 0 fully saturated rings. The molecule has 0 saturated heterocycles. The van der Waals surface area contributed by atoms with Gasteiger partial charge in [0, 0.05) is 60.1 Å². The lowest BCUT2D eigenvalue weighted by molar-refractivity contribution is 0.660. The maximum atomic E-state index is 6.69. The molecule has 0 aliphatic heterocycles. The zero-order chi connectivity index (χ0) is 43.7. The molecule has 0 atom stereocenters. The average Bonchev–Trinajstić information content (AvgIpc) is 4.09. The highest BCUT2D eigenvalue weighted by Gasteiger charge is 2.37. The quantitative estimate of drug-likeness (QED) is 0.173. The maximum absolute atomic E-state index is 6.69. The highest BCUT2D eigenvalue weighted by atomic mass is 16.3. The molecule has 0 N–H and O–H groups in total. The number of benzene rings is 9. The van der Waals surface area contributed by atoms with Gasteiger partial charge in [-0.25, -0.2) is 4.98 Å². The Morgan fingerprint density at radius 3 is 1.76 bits per heavy atom. The van der Waals surface area contributed by atoms with Crippen molar-refractivity contribution in [2.75, 3.05) is 0 Å². The summed E-state index contributed by atoms with van der Waals surface area (Å²) in [5.41, 5.74) is 15.9. The SMILES string of the molecule is CC1(C)c2ccccc2-c2c(-c3nc(-c4ccccc4)nc(-n4c5ccccc5c5ccc6c7ccccc7n(-c7ccc8oc9c(-c%10ccccc%10)cccc9c8c7)c6c54)n3)cccc21. The van der Waals surface area contributed by atoms with Crippen molar-refractivity contribution in [2.45, 2.75) is 19.3 Å². The zero-order valence-electron chi connectivity index (χ0n) is 36.2. The summed E-state index contributed by atoms with van der Waals surface area (Å²) in [7, 11) is 0. The first-order valence-electron chi connectivity index (χ1n) is 22.5. The molecular weight excluding hydrogens is 807 g/mol. The van der Waals surface area contributed by atoms with Crippen molar-refractivity contribution in [3.8, 4) is 56.7 Å². The monoisotopic (exact) mass is 845 g/mol. The summed E-state index contributed by atoms with van der Waals surface area (Å²) >= 11 is 0. The molecule has 9 aromatic carbocycles. The Morgan fingerprint density at radius 2 is 0.985 bits per heavy atom. The first kappa shape index (κ1) is 36.8. The van der Waals surface area contributed by atoms with Gasteiger partial charge in [-0.2, -0.15) is 9.97 Å². The average molecular weight is 846 g/mol. The van der Waals surface area contributed by atoms with Gasteiger partial charge in [0.15, 0.2) is 11.6 Å². The number of fused-ring (bicyclic) bond motifs is 13. The third-order valence-electron chi connectivity index (χ3n) is 14.0. The van der Waals surface area contributed by atoms with Crippen molar-refractivity contribution in [1.82, 2.24) is 24.1 Å². The molecular formula is C60H39N5O. The van der Waals surface area contributed by atoms with Crippen molar-refractivity contribution in [2.24, 2.45) is 0 Å². The van der Waals surface area contributed by atoms with Gasteiger partial charge in [-0.3, -0.25) is 4.57 Å². The molecule has 1 aliphatic rings. The summed E-state index contributed by atoms with van der Waals surface area (Å²) in [6.45, 7) is 4.62. The minimum Gasteiger partial charge on any atom is -0.455 e. The Morgan fingerprint density at radius 1 is 0.409 bits per heavy atom. The Labute approximate surface area is 379 Å². The van der Waals surface area contributed by atoms with Gasteiger partial charge in [-0.15, -0.1) is 0 Å². The van der Waals surface area contributed by atoms with E-state index in [1.165, 1.54) is 22.3 Å². The Hall–Kier alpha value is -8.61. The van der Waals surface area contributed by atoms with Crippen LogP contribution in [0.2, 0.25) is 0 Å². The summed E-state index contributed by atoms with van der Waals surface area (Å²) in [6, 6.07) is 71.0. The van der Waals surface area contributed by atoms with Crippen molar-refractivity contribution in [1.29, 1.82) is 0 Å². The van der Waals surface area contributed by atoms with Gasteiger partial charge in [0.1, 0.15) is 11.2 Å². The van der Waals surface area contributed by atoms with Gasteiger partial charge >= 0.3 is 0 Å². The number of rotatable bonds is 5. The molecule has 0 spiro atoms. The van der Waals surface area contributed by atoms with Gasteiger partial charge in [-0.1, -0.05) is 184 Å². The molecule has 6 heteroatoms. The minimum absolute atomic E-state index is 0.179. The van der Waals surface area contributed by atoms with E-state index in [0.29, 0.717) is 17.6 Å². The van der Waals surface area contributed by atoms with Crippen LogP contribution in [0.15, 0.2) is 205 Å². The lowest BCUT2D eigenvalue weighted by Gasteiger charge is -2.21. The number of nitrogens with zero attached hydrogens (tertiary/aromatic N) is 5. The van der Waals surface area contributed by atoms with Gasteiger partial charge in [0.05, 0.1) is 22.1 Å². The normalized spacial score (nSPS) is 13.1. The zero-order valence-corrected chi connectivity index (χ0v) is 36.2. The fraction of sp³-hybridized carbons (Fsp3) is 0.0500. The molecule has 13 aromatic rings. The van der Waals surface area contributed by atoms with Crippen LogP contribution in [0.1, 0.15) is 25.0 Å². The van der Waals surface area contributed by atoms with Crippen LogP contribution in [-0.4, -0.2) is 24.1 Å². The van der Waals surface area contributed by atoms with E-state index in [1.807, 2.05) is 24.3 Å². The molecule has 0 unspecified atom stereocenters. The molecule has 6 nitrogen and oxygen atoms in total. The first-order valence-corrected chi connectivity index (χ1v) is 22.5. The summed E-state index contributed by atoms with van der Waals surface area (Å²) in [5.74, 6) is 1.81. The summed E-state index contributed by atoms with van der Waals surface area (Å²) < 4.78 is 11.4. The van der Waals surface area contributed by atoms with Crippen LogP contribution >= 0.6 is 0 Å². The minimum atomic E-state index is -0.179. The van der Waals surface area contributed by atoms with Gasteiger partial charge < -0.3 is 8.98 Å². The second-order valence-corrected chi connectivity index (χ2v) is 17.9. The molecule has 14 rings (SSSR count). The third kappa shape index (κ3) is 5.15. The molecule has 0 radical (unpaired) electrons. The molecule has 0 saturated carbocycles. The van der Waals surface area contributed by atoms with E-state index in [1.54, 1.807) is 0 Å². The number of para-hydroxylation sites is 3. The van der Waals surface area contributed by atoms with E-state index in [4.69, 9.17) is 19.4 Å². The lowest BCUT2D eigenvalue weighted by Crippen LogP contribution is -2.14. The molecule has 66 heavy (non-hydrogen) atoms. The standard InChI is InChI=1S/C60H39N5O/c1-60(2)48-27-12-9-23-45(48)53-46(26-16-28-49(53)60)58-61-57(37-19-7-4-8-20-37)62-59(63-58)65-51-30-14-11-22-41(51)43-33-32-42-40-21-10-13-29-50(40)64(54(42)55(43)65)38-31-34-52-47(35-38)44-25-15-24-39(56(44)66-52)36-17-5-3-6-18-36/h3-35H,1-2H3. The number of aromatic nitrogens is 5. The number of furan rings is 1. The van der Waals surface area contributed by atoms with E-state index in [0.717, 1.165) is 93.5 Å². The predicted molar refractivity (Wildman–Crippen MR) is 270 cm³/mol. The van der Waals surface area contributed by atoms with Crippen LogP contribution in [0, 0.1) is 0 Å². The topological polar surface area (TPSA) is 61.7 Å². The molecule has 310 valence electrons. The van der Waals surface area contributed by atoms with E-state index < -0.39 is 0 Å². The molecule has 1 aliphatic carbocycles. The van der Waals surface area contributed by atoms with Gasteiger partial charge in [0.2, 0.25) is 5.95 Å². The van der Waals surface area contributed by atoms with E-state index in [-0.39, 0.29) is 5.41 Å². The van der Waals surface area contributed by atoms with Gasteiger partial charge in [-0.05, 0) is 58.1 Å². The summed E-state index contributed by atoms with van der Waals surface area (Å²) in [5, 5.41) is 6.69. The summed E-state index contributed by atoms with van der Waals surface area (Å²) in [4.78, 5) is 16.3. The predicted octanol–water partition coefficient (Wildman–Crippen LogP) is 15.3.